The first-order chi connectivity index (χ1) is 12.9. The van der Waals surface area contributed by atoms with Crippen molar-refractivity contribution in [1.82, 2.24) is 0 Å². The van der Waals surface area contributed by atoms with Crippen molar-refractivity contribution in [2.24, 2.45) is 0 Å². The Labute approximate surface area is 180 Å². The molecule has 7 nitrogen and oxygen atoms in total. The molecule has 0 saturated carbocycles. The number of esters is 2. The molecule has 0 spiro atoms. The van der Waals surface area contributed by atoms with Crippen molar-refractivity contribution in [2.75, 3.05) is 6.61 Å². The van der Waals surface area contributed by atoms with Gasteiger partial charge in [-0.2, -0.15) is 0 Å². The molecule has 0 fully saturated rings. The molecule has 1 unspecified atom stereocenters. The first-order valence-corrected chi connectivity index (χ1v) is 22.1. The van der Waals surface area contributed by atoms with Gasteiger partial charge in [-0.25, -0.2) is 9.59 Å². The monoisotopic (exact) mass is 480 g/mol. The van der Waals surface area contributed by atoms with Crippen LogP contribution >= 0.6 is 0 Å². The number of ether oxygens (including phenoxy) is 2. The van der Waals surface area contributed by atoms with E-state index in [-0.39, 0.29) is 6.61 Å². The van der Waals surface area contributed by atoms with Crippen molar-refractivity contribution < 1.29 is 31.4 Å². The summed E-state index contributed by atoms with van der Waals surface area (Å²) in [6.45, 7) is 22.5. The van der Waals surface area contributed by atoms with E-state index in [0.29, 0.717) is 6.42 Å². The molecule has 0 rings (SSSR count). The zero-order valence-corrected chi connectivity index (χ0v) is 24.0. The molecular weight excluding hydrogens is 441 g/mol. The van der Waals surface area contributed by atoms with E-state index in [1.807, 2.05) is 6.92 Å². The summed E-state index contributed by atoms with van der Waals surface area (Å²) in [6.07, 6.45) is 2.64. The highest BCUT2D eigenvalue weighted by atomic mass is 28.5. The largest absolute Gasteiger partial charge is 0.512 e. The molecule has 0 aliphatic heterocycles. The number of hydrogen-bond acceptors (Lipinski definition) is 7. The third-order valence-electron chi connectivity index (χ3n) is 3.01. The summed E-state index contributed by atoms with van der Waals surface area (Å²) in [7, 11) is -9.66. The van der Waals surface area contributed by atoms with E-state index in [1.165, 1.54) is 0 Å². The highest BCUT2D eigenvalue weighted by Crippen LogP contribution is 2.31. The van der Waals surface area contributed by atoms with Gasteiger partial charge in [-0.05, 0) is 72.3 Å². The van der Waals surface area contributed by atoms with Gasteiger partial charge in [0.05, 0.1) is 6.61 Å². The maximum absolute atomic E-state index is 12.4. The van der Waals surface area contributed by atoms with Crippen LogP contribution in [0.2, 0.25) is 58.9 Å². The van der Waals surface area contributed by atoms with Crippen molar-refractivity contribution in [1.29, 1.82) is 0 Å². The molecule has 0 aromatic rings. The molecule has 170 valence electrons. The van der Waals surface area contributed by atoms with Crippen molar-refractivity contribution in [2.45, 2.75) is 84.9 Å². The van der Waals surface area contributed by atoms with Crippen LogP contribution < -0.4 is 0 Å². The molecule has 0 aromatic heterocycles. The maximum atomic E-state index is 12.4. The third kappa shape index (κ3) is 12.7. The summed E-state index contributed by atoms with van der Waals surface area (Å²) in [5.74, 6) is -1.23. The summed E-state index contributed by atoms with van der Waals surface area (Å²) in [4.78, 5) is 23.9. The summed E-state index contributed by atoms with van der Waals surface area (Å²) < 4.78 is 30.4. The quantitative estimate of drug-likeness (QED) is 0.232. The van der Waals surface area contributed by atoms with E-state index in [4.69, 9.17) is 21.8 Å². The lowest BCUT2D eigenvalue weighted by atomic mass is 10.5. The van der Waals surface area contributed by atoms with E-state index < -0.39 is 51.4 Å². The zero-order valence-electron chi connectivity index (χ0n) is 20.0. The first-order valence-electron chi connectivity index (χ1n) is 10.1. The van der Waals surface area contributed by atoms with E-state index in [1.54, 1.807) is 6.92 Å². The lowest BCUT2D eigenvalue weighted by Crippen LogP contribution is -2.67. The van der Waals surface area contributed by atoms with Gasteiger partial charge in [-0.3, -0.25) is 0 Å². The highest BCUT2D eigenvalue weighted by molar-refractivity contribution is 6.90. The molecule has 0 saturated heterocycles. The Morgan fingerprint density at radius 3 is 1.41 bits per heavy atom. The molecule has 0 aliphatic rings. The average molecular weight is 481 g/mol. The average Bonchev–Trinajstić information content (AvgIpc) is 2.45. The smallest absolute Gasteiger partial charge is 0.463 e. The molecule has 0 bridgehead atoms. The standard InChI is InChI=1S/C18H40O7Si4/c1-12-18(22-17(20)15-14-16(19)21-13-2)29(23-26(3,4)5,24-27(6,7)8)25-28(9,10)11/h14-15,18H,12-13H2,1-11H3. The Hall–Kier alpha value is -0.572. The molecule has 0 heterocycles. The molecule has 0 amide bonds. The van der Waals surface area contributed by atoms with E-state index in [2.05, 4.69) is 58.9 Å². The van der Waals surface area contributed by atoms with Crippen molar-refractivity contribution >= 4 is 45.7 Å². The molecule has 0 aliphatic carbocycles. The Morgan fingerprint density at radius 2 is 1.10 bits per heavy atom. The van der Waals surface area contributed by atoms with Crippen LogP contribution in [0.25, 0.3) is 0 Å². The van der Waals surface area contributed by atoms with Crippen LogP contribution in [-0.2, 0) is 31.4 Å². The fourth-order valence-electron chi connectivity index (χ4n) is 2.45. The molecule has 0 N–H and O–H groups in total. The van der Waals surface area contributed by atoms with Gasteiger partial charge in [0.15, 0.2) is 30.7 Å². The predicted octanol–water partition coefficient (Wildman–Crippen LogP) is 4.46. The first kappa shape index (κ1) is 28.4. The minimum atomic E-state index is -3.37. The number of carbonyl (C=O) groups is 2. The van der Waals surface area contributed by atoms with Crippen molar-refractivity contribution in [3.05, 3.63) is 12.2 Å². The number of rotatable bonds is 12. The molecule has 11 heteroatoms. The van der Waals surface area contributed by atoms with Crippen LogP contribution in [0.1, 0.15) is 20.3 Å². The van der Waals surface area contributed by atoms with Gasteiger partial charge in [0.25, 0.3) is 0 Å². The fraction of sp³-hybridized carbons (Fsp3) is 0.778. The van der Waals surface area contributed by atoms with Crippen LogP contribution in [0.3, 0.4) is 0 Å². The Bertz CT molecular complexity index is 533. The molecule has 29 heavy (non-hydrogen) atoms. The van der Waals surface area contributed by atoms with E-state index in [9.17, 15) is 9.59 Å². The third-order valence-corrected chi connectivity index (χ3v) is 15.1. The summed E-state index contributed by atoms with van der Waals surface area (Å²) in [5, 5.41) is 0. The topological polar surface area (TPSA) is 80.3 Å². The highest BCUT2D eigenvalue weighted by Gasteiger charge is 2.57. The van der Waals surface area contributed by atoms with Crippen LogP contribution in [0.15, 0.2) is 12.2 Å². The fourth-order valence-corrected chi connectivity index (χ4v) is 16.7. The van der Waals surface area contributed by atoms with Gasteiger partial charge in [0, 0.05) is 12.2 Å². The molecule has 0 radical (unpaired) electrons. The van der Waals surface area contributed by atoms with Crippen molar-refractivity contribution in [3.8, 4) is 0 Å². The molecule has 0 aromatic carbocycles. The minimum absolute atomic E-state index is 0.240. The van der Waals surface area contributed by atoms with E-state index >= 15 is 0 Å². The van der Waals surface area contributed by atoms with Crippen LogP contribution in [0, 0.1) is 0 Å². The predicted molar refractivity (Wildman–Crippen MR) is 125 cm³/mol. The Kier molecular flexibility index (Phi) is 10.9. The van der Waals surface area contributed by atoms with Gasteiger partial charge in [0.2, 0.25) is 0 Å². The van der Waals surface area contributed by atoms with Crippen LogP contribution in [-0.4, -0.2) is 58.0 Å². The van der Waals surface area contributed by atoms with Gasteiger partial charge in [-0.15, -0.1) is 0 Å². The Morgan fingerprint density at radius 1 is 0.724 bits per heavy atom. The second-order valence-corrected chi connectivity index (χ2v) is 26.6. The second kappa shape index (κ2) is 11.2. The van der Waals surface area contributed by atoms with Crippen LogP contribution in [0.5, 0.6) is 0 Å². The molecular formula is C18H40O7Si4. The maximum Gasteiger partial charge on any atom is 0.512 e. The van der Waals surface area contributed by atoms with Gasteiger partial charge >= 0.3 is 20.7 Å². The Balaban J connectivity index is 5.99. The van der Waals surface area contributed by atoms with Crippen molar-refractivity contribution in [3.63, 3.8) is 0 Å². The molecule has 1 atom stereocenters. The summed E-state index contributed by atoms with van der Waals surface area (Å²) in [5.41, 5.74) is -0.646. The lowest BCUT2D eigenvalue weighted by Gasteiger charge is -2.45. The minimum Gasteiger partial charge on any atom is -0.463 e. The SMILES string of the molecule is CCOC(=O)C=CC(=O)OC(CC)[Si](O[Si](C)(C)C)(O[Si](C)(C)C)O[Si](C)(C)C. The van der Waals surface area contributed by atoms with Gasteiger partial charge in [0.1, 0.15) is 0 Å². The van der Waals surface area contributed by atoms with E-state index in [0.717, 1.165) is 12.2 Å². The summed E-state index contributed by atoms with van der Waals surface area (Å²) >= 11 is 0. The van der Waals surface area contributed by atoms with Crippen LogP contribution in [0.4, 0.5) is 0 Å². The number of hydrogen-bond donors (Lipinski definition) is 0. The zero-order chi connectivity index (χ0) is 23.1. The lowest BCUT2D eigenvalue weighted by molar-refractivity contribution is -0.143. The normalized spacial score (nSPS) is 14.7. The number of carbonyl (C=O) groups excluding carboxylic acids is 2. The second-order valence-electron chi connectivity index (χ2n) is 9.67. The van der Waals surface area contributed by atoms with Gasteiger partial charge < -0.3 is 21.8 Å². The van der Waals surface area contributed by atoms with Gasteiger partial charge in [-0.1, -0.05) is 6.92 Å². The summed E-state index contributed by atoms with van der Waals surface area (Å²) in [6, 6.07) is 0.